The molecule has 0 radical (unpaired) electrons. The number of nitrogens with one attached hydrogen (secondary N) is 1. The van der Waals surface area contributed by atoms with Gasteiger partial charge in [0.2, 0.25) is 0 Å². The molecule has 9 heteroatoms. The third kappa shape index (κ3) is 4.33. The highest BCUT2D eigenvalue weighted by molar-refractivity contribution is 7.92. The molecule has 2 aliphatic carbocycles. The van der Waals surface area contributed by atoms with Gasteiger partial charge in [0.1, 0.15) is 0 Å². The van der Waals surface area contributed by atoms with Crippen molar-refractivity contribution >= 4 is 48.9 Å². The molecule has 1 aromatic carbocycles. The second-order valence-corrected chi connectivity index (χ2v) is 12.0. The number of nitrogens with zero attached hydrogens (tertiary/aromatic N) is 2. The fourth-order valence-electron chi connectivity index (χ4n) is 4.10. The van der Waals surface area contributed by atoms with Crippen LogP contribution in [-0.2, 0) is 9.84 Å². The van der Waals surface area contributed by atoms with Crippen LogP contribution in [0.25, 0.3) is 10.2 Å². The van der Waals surface area contributed by atoms with Crippen molar-refractivity contribution < 1.29 is 13.2 Å². The van der Waals surface area contributed by atoms with E-state index in [4.69, 9.17) is 16.6 Å². The van der Waals surface area contributed by atoms with E-state index in [2.05, 4.69) is 10.3 Å². The third-order valence-corrected chi connectivity index (χ3v) is 9.62. The first-order valence-electron chi connectivity index (χ1n) is 10.5. The highest BCUT2D eigenvalue weighted by atomic mass is 35.5. The molecule has 2 aliphatic rings. The molecule has 2 fully saturated rings. The molecule has 2 heterocycles. The molecular weight excluding hydrogens is 454 g/mol. The monoisotopic (exact) mass is 475 g/mol. The number of hydrogen-bond donors (Lipinski definition) is 1. The van der Waals surface area contributed by atoms with Crippen LogP contribution in [0.15, 0.2) is 41.6 Å². The molecule has 0 atom stereocenters. The van der Waals surface area contributed by atoms with Crippen molar-refractivity contribution in [3.05, 3.63) is 52.1 Å². The summed E-state index contributed by atoms with van der Waals surface area (Å²) >= 11 is 7.79. The number of pyridine rings is 1. The molecule has 5 rings (SSSR count). The van der Waals surface area contributed by atoms with E-state index in [1.54, 1.807) is 17.4 Å². The van der Waals surface area contributed by atoms with Gasteiger partial charge in [0, 0.05) is 28.7 Å². The molecule has 0 unspecified atom stereocenters. The molecule has 0 spiro atoms. The molecule has 162 valence electrons. The molecule has 0 aliphatic heterocycles. The van der Waals surface area contributed by atoms with E-state index in [0.717, 1.165) is 40.9 Å². The first-order chi connectivity index (χ1) is 14.9. The molecule has 3 aromatic rings. The van der Waals surface area contributed by atoms with Gasteiger partial charge in [0.15, 0.2) is 14.9 Å². The van der Waals surface area contributed by atoms with E-state index in [9.17, 15) is 13.2 Å². The molecule has 0 saturated heterocycles. The van der Waals surface area contributed by atoms with Gasteiger partial charge < -0.3 is 5.32 Å². The zero-order valence-electron chi connectivity index (χ0n) is 16.8. The highest BCUT2D eigenvalue weighted by Crippen LogP contribution is 2.37. The lowest BCUT2D eigenvalue weighted by Crippen LogP contribution is -2.37. The number of carbonyl (C=O) groups is 1. The van der Waals surface area contributed by atoms with E-state index >= 15 is 0 Å². The van der Waals surface area contributed by atoms with Crippen LogP contribution >= 0.6 is 22.9 Å². The Kier molecular flexibility index (Phi) is 5.48. The van der Waals surface area contributed by atoms with Gasteiger partial charge in [-0.3, -0.25) is 4.79 Å². The van der Waals surface area contributed by atoms with E-state index in [-0.39, 0.29) is 22.2 Å². The molecule has 2 saturated carbocycles. The number of thiazole rings is 1. The SMILES string of the molecule is O=C(NC1CCC(c2nc3cc(Cl)ccc3s2)CC1)c1ccnc(S(=O)(=O)C2CC2)c1. The number of rotatable bonds is 5. The molecule has 31 heavy (non-hydrogen) atoms. The van der Waals surface area contributed by atoms with Crippen LogP contribution in [0.4, 0.5) is 0 Å². The fraction of sp³-hybridized carbons (Fsp3) is 0.409. The normalized spacial score (nSPS) is 21.8. The lowest BCUT2D eigenvalue weighted by molar-refractivity contribution is 0.0925. The van der Waals surface area contributed by atoms with Crippen LogP contribution in [0.1, 0.15) is 59.8 Å². The zero-order valence-corrected chi connectivity index (χ0v) is 19.1. The van der Waals surface area contributed by atoms with Gasteiger partial charge in [-0.25, -0.2) is 18.4 Å². The van der Waals surface area contributed by atoms with Crippen molar-refractivity contribution in [1.29, 1.82) is 0 Å². The summed E-state index contributed by atoms with van der Waals surface area (Å²) in [5, 5.41) is 4.56. The van der Waals surface area contributed by atoms with Gasteiger partial charge in [0.25, 0.3) is 5.91 Å². The Labute approximate surface area is 190 Å². The van der Waals surface area contributed by atoms with E-state index < -0.39 is 9.84 Å². The lowest BCUT2D eigenvalue weighted by Gasteiger charge is -2.28. The quantitative estimate of drug-likeness (QED) is 0.575. The number of halogens is 1. The predicted molar refractivity (Wildman–Crippen MR) is 122 cm³/mol. The Morgan fingerprint density at radius 2 is 1.84 bits per heavy atom. The van der Waals surface area contributed by atoms with Crippen molar-refractivity contribution in [3.8, 4) is 0 Å². The second kappa shape index (κ2) is 8.15. The Morgan fingerprint density at radius 1 is 1.06 bits per heavy atom. The number of fused-ring (bicyclic) bond motifs is 1. The summed E-state index contributed by atoms with van der Waals surface area (Å²) in [4.78, 5) is 21.5. The number of benzene rings is 1. The maximum atomic E-state index is 12.7. The summed E-state index contributed by atoms with van der Waals surface area (Å²) in [5.74, 6) is 0.147. The molecule has 2 aromatic heterocycles. The largest absolute Gasteiger partial charge is 0.349 e. The van der Waals surface area contributed by atoms with Crippen molar-refractivity contribution in [3.63, 3.8) is 0 Å². The summed E-state index contributed by atoms with van der Waals surface area (Å²) in [6.45, 7) is 0. The highest BCUT2D eigenvalue weighted by Gasteiger charge is 2.38. The van der Waals surface area contributed by atoms with Gasteiger partial charge in [0.05, 0.1) is 20.5 Å². The smallest absolute Gasteiger partial charge is 0.251 e. The van der Waals surface area contributed by atoms with Gasteiger partial charge in [-0.05, 0) is 68.9 Å². The number of aromatic nitrogens is 2. The van der Waals surface area contributed by atoms with Crippen LogP contribution < -0.4 is 5.32 Å². The van der Waals surface area contributed by atoms with Crippen molar-refractivity contribution in [1.82, 2.24) is 15.3 Å². The van der Waals surface area contributed by atoms with Crippen LogP contribution in [0, 0.1) is 0 Å². The minimum atomic E-state index is -3.41. The van der Waals surface area contributed by atoms with Crippen molar-refractivity contribution in [2.75, 3.05) is 0 Å². The zero-order chi connectivity index (χ0) is 21.6. The van der Waals surface area contributed by atoms with Gasteiger partial charge in [-0.1, -0.05) is 11.6 Å². The first kappa shape index (κ1) is 20.8. The maximum absolute atomic E-state index is 12.7. The molecular formula is C22H22ClN3O3S2. The number of carbonyl (C=O) groups excluding carboxylic acids is 1. The van der Waals surface area contributed by atoms with Crippen LogP contribution in [0.2, 0.25) is 5.02 Å². The van der Waals surface area contributed by atoms with Crippen molar-refractivity contribution in [2.45, 2.75) is 60.8 Å². The van der Waals surface area contributed by atoms with Crippen LogP contribution in [0.3, 0.4) is 0 Å². The Bertz CT molecular complexity index is 1250. The third-order valence-electron chi connectivity index (χ3n) is 6.03. The standard InChI is InChI=1S/C22H22ClN3O3S2/c23-15-3-8-19-18(12-15)26-22(30-19)13-1-4-16(5-2-13)25-21(27)14-9-10-24-20(11-14)31(28,29)17-6-7-17/h3,8-13,16-17H,1-2,4-7H2,(H,25,27). The number of sulfone groups is 1. The van der Waals surface area contributed by atoms with E-state index in [1.165, 1.54) is 12.3 Å². The molecule has 1 N–H and O–H groups in total. The second-order valence-electron chi connectivity index (χ2n) is 8.31. The maximum Gasteiger partial charge on any atom is 0.251 e. The molecule has 6 nitrogen and oxygen atoms in total. The average molecular weight is 476 g/mol. The number of amides is 1. The lowest BCUT2D eigenvalue weighted by atomic mass is 9.86. The molecule has 0 bridgehead atoms. The summed E-state index contributed by atoms with van der Waals surface area (Å²) in [5.41, 5.74) is 1.29. The first-order valence-corrected chi connectivity index (χ1v) is 13.2. The van der Waals surface area contributed by atoms with Gasteiger partial charge in [-0.15, -0.1) is 11.3 Å². The predicted octanol–water partition coefficient (Wildman–Crippen LogP) is 4.74. The minimum Gasteiger partial charge on any atom is -0.349 e. The van der Waals surface area contributed by atoms with E-state index in [1.807, 2.05) is 18.2 Å². The minimum absolute atomic E-state index is 0.00213. The Morgan fingerprint density at radius 3 is 2.58 bits per heavy atom. The van der Waals surface area contributed by atoms with Gasteiger partial charge in [-0.2, -0.15) is 0 Å². The van der Waals surface area contributed by atoms with Crippen LogP contribution in [-0.4, -0.2) is 35.6 Å². The summed E-state index contributed by atoms with van der Waals surface area (Å²) in [6, 6.07) is 8.84. The Balaban J connectivity index is 1.22. The Hall–Kier alpha value is -2.03. The average Bonchev–Trinajstić information content (AvgIpc) is 3.55. The van der Waals surface area contributed by atoms with E-state index in [0.29, 0.717) is 29.3 Å². The topological polar surface area (TPSA) is 89.0 Å². The van der Waals surface area contributed by atoms with Gasteiger partial charge >= 0.3 is 0 Å². The van der Waals surface area contributed by atoms with Crippen molar-refractivity contribution in [2.24, 2.45) is 0 Å². The summed E-state index contributed by atoms with van der Waals surface area (Å²) in [7, 11) is -3.41. The molecule has 1 amide bonds. The summed E-state index contributed by atoms with van der Waals surface area (Å²) < 4.78 is 26.0. The fourth-order valence-corrected chi connectivity index (χ4v) is 6.98. The number of hydrogen-bond acceptors (Lipinski definition) is 6. The summed E-state index contributed by atoms with van der Waals surface area (Å²) in [6.07, 6.45) is 6.39. The van der Waals surface area contributed by atoms with Crippen LogP contribution in [0.5, 0.6) is 0 Å².